The largest absolute Gasteiger partial charge is 0.493 e. The highest BCUT2D eigenvalue weighted by atomic mass is 16.5. The van der Waals surface area contributed by atoms with Gasteiger partial charge in [0, 0.05) is 19.2 Å². The molecule has 0 N–H and O–H groups in total. The minimum atomic E-state index is -0.427. The van der Waals surface area contributed by atoms with Crippen molar-refractivity contribution in [2.75, 3.05) is 54.7 Å². The van der Waals surface area contributed by atoms with Gasteiger partial charge in [0.05, 0.1) is 34.5 Å². The zero-order valence-electron chi connectivity index (χ0n) is 24.1. The van der Waals surface area contributed by atoms with E-state index in [9.17, 15) is 9.59 Å². The highest BCUT2D eigenvalue weighted by Crippen LogP contribution is 2.45. The SMILES string of the molecule is COc1cc(/C=C/C(=O)OCCCN(C)CCCOC(=O)C2c3ccccc3-c3ccccc32)cc(OC)c1OC. The zero-order valence-corrected chi connectivity index (χ0v) is 24.1. The predicted molar refractivity (Wildman–Crippen MR) is 158 cm³/mol. The van der Waals surface area contributed by atoms with E-state index in [1.807, 2.05) is 43.4 Å². The van der Waals surface area contributed by atoms with Crippen molar-refractivity contribution >= 4 is 18.0 Å². The lowest BCUT2D eigenvalue weighted by Crippen LogP contribution is -2.24. The van der Waals surface area contributed by atoms with Crippen molar-refractivity contribution in [2.24, 2.45) is 0 Å². The standard InChI is InChI=1S/C33H37NO7/c1-34(17-9-19-40-30(35)16-15-23-21-28(37-2)32(39-4)29(22-23)38-3)18-10-20-41-33(36)31-26-13-7-5-11-24(26)25-12-6-8-14-27(25)31/h5-8,11-16,21-22,31H,9-10,17-20H2,1-4H3/b16-15+. The third-order valence-electron chi connectivity index (χ3n) is 7.03. The molecule has 216 valence electrons. The summed E-state index contributed by atoms with van der Waals surface area (Å²) in [5.74, 6) is 0.485. The van der Waals surface area contributed by atoms with Crippen LogP contribution in [-0.2, 0) is 19.1 Å². The van der Waals surface area contributed by atoms with Crippen LogP contribution in [0.4, 0.5) is 0 Å². The summed E-state index contributed by atoms with van der Waals surface area (Å²) in [7, 11) is 6.61. The number of nitrogens with zero attached hydrogens (tertiary/aromatic N) is 1. The van der Waals surface area contributed by atoms with E-state index in [0.717, 1.165) is 47.3 Å². The van der Waals surface area contributed by atoms with Gasteiger partial charge in [0.1, 0.15) is 5.92 Å². The first-order valence-electron chi connectivity index (χ1n) is 13.6. The summed E-state index contributed by atoms with van der Waals surface area (Å²) in [6, 6.07) is 19.5. The Hall–Kier alpha value is -4.30. The maximum Gasteiger partial charge on any atom is 0.330 e. The first kappa shape index (κ1) is 29.7. The lowest BCUT2D eigenvalue weighted by atomic mass is 9.97. The average Bonchev–Trinajstić information content (AvgIpc) is 3.34. The molecule has 0 fully saturated rings. The van der Waals surface area contributed by atoms with Gasteiger partial charge >= 0.3 is 11.9 Å². The zero-order chi connectivity index (χ0) is 29.2. The van der Waals surface area contributed by atoms with Gasteiger partial charge in [-0.05, 0) is 65.9 Å². The van der Waals surface area contributed by atoms with Crippen LogP contribution in [0.3, 0.4) is 0 Å². The fourth-order valence-electron chi connectivity index (χ4n) is 5.03. The first-order chi connectivity index (χ1) is 20.0. The summed E-state index contributed by atoms with van der Waals surface area (Å²) in [5, 5.41) is 0. The second kappa shape index (κ2) is 14.4. The molecule has 0 saturated heterocycles. The second-order valence-corrected chi connectivity index (χ2v) is 9.74. The van der Waals surface area contributed by atoms with Gasteiger partial charge < -0.3 is 28.6 Å². The number of fused-ring (bicyclic) bond motifs is 3. The molecule has 0 radical (unpaired) electrons. The minimum absolute atomic E-state index is 0.212. The van der Waals surface area contributed by atoms with Crippen molar-refractivity contribution in [2.45, 2.75) is 18.8 Å². The molecule has 0 unspecified atom stereocenters. The Labute approximate surface area is 241 Å². The summed E-state index contributed by atoms with van der Waals surface area (Å²) in [6.07, 6.45) is 4.42. The van der Waals surface area contributed by atoms with Crippen LogP contribution in [0.2, 0.25) is 0 Å². The molecule has 1 aliphatic rings. The van der Waals surface area contributed by atoms with Crippen LogP contribution in [0.25, 0.3) is 17.2 Å². The summed E-state index contributed by atoms with van der Waals surface area (Å²) >= 11 is 0. The van der Waals surface area contributed by atoms with Gasteiger partial charge in [0.2, 0.25) is 5.75 Å². The Morgan fingerprint density at radius 1 is 0.780 bits per heavy atom. The Balaban J connectivity index is 1.15. The van der Waals surface area contributed by atoms with E-state index in [4.69, 9.17) is 23.7 Å². The van der Waals surface area contributed by atoms with E-state index >= 15 is 0 Å². The molecule has 4 rings (SSSR count). The van der Waals surface area contributed by atoms with Crippen LogP contribution >= 0.6 is 0 Å². The van der Waals surface area contributed by atoms with Gasteiger partial charge in [0.15, 0.2) is 11.5 Å². The van der Waals surface area contributed by atoms with Gasteiger partial charge in [-0.15, -0.1) is 0 Å². The molecule has 0 bridgehead atoms. The van der Waals surface area contributed by atoms with E-state index in [0.29, 0.717) is 36.9 Å². The first-order valence-corrected chi connectivity index (χ1v) is 13.6. The Bertz CT molecular complexity index is 1310. The van der Waals surface area contributed by atoms with Gasteiger partial charge in [-0.3, -0.25) is 4.79 Å². The van der Waals surface area contributed by atoms with Crippen molar-refractivity contribution in [1.82, 2.24) is 4.90 Å². The van der Waals surface area contributed by atoms with E-state index in [1.165, 1.54) is 27.4 Å². The van der Waals surface area contributed by atoms with Crippen LogP contribution in [0.5, 0.6) is 17.2 Å². The normalized spacial score (nSPS) is 12.2. The topological polar surface area (TPSA) is 83.5 Å². The Morgan fingerprint density at radius 2 is 1.32 bits per heavy atom. The number of carbonyl (C=O) groups is 2. The highest BCUT2D eigenvalue weighted by Gasteiger charge is 2.34. The van der Waals surface area contributed by atoms with Crippen LogP contribution in [-0.4, -0.2) is 71.5 Å². The molecule has 0 aliphatic heterocycles. The van der Waals surface area contributed by atoms with Gasteiger partial charge in [-0.25, -0.2) is 4.79 Å². The molecule has 0 spiro atoms. The van der Waals surface area contributed by atoms with Crippen molar-refractivity contribution in [3.8, 4) is 28.4 Å². The number of carbonyl (C=O) groups excluding carboxylic acids is 2. The average molecular weight is 560 g/mol. The molecule has 3 aromatic carbocycles. The number of esters is 2. The number of ether oxygens (including phenoxy) is 5. The fourth-order valence-corrected chi connectivity index (χ4v) is 5.03. The maximum atomic E-state index is 13.0. The predicted octanol–water partition coefficient (Wildman–Crippen LogP) is 5.34. The van der Waals surface area contributed by atoms with Crippen LogP contribution < -0.4 is 14.2 Å². The van der Waals surface area contributed by atoms with Gasteiger partial charge in [0.25, 0.3) is 0 Å². The molecule has 0 amide bonds. The maximum absolute atomic E-state index is 13.0. The monoisotopic (exact) mass is 559 g/mol. The number of hydrogen-bond donors (Lipinski definition) is 0. The van der Waals surface area contributed by atoms with Crippen molar-refractivity contribution in [3.63, 3.8) is 0 Å². The smallest absolute Gasteiger partial charge is 0.330 e. The fraction of sp³-hybridized carbons (Fsp3) is 0.333. The minimum Gasteiger partial charge on any atom is -0.493 e. The molecule has 0 aromatic heterocycles. The quantitative estimate of drug-likeness (QED) is 0.149. The number of rotatable bonds is 14. The molecule has 0 atom stereocenters. The summed E-state index contributed by atoms with van der Waals surface area (Å²) < 4.78 is 27.0. The Kier molecular flexibility index (Phi) is 10.4. The lowest BCUT2D eigenvalue weighted by molar-refractivity contribution is -0.144. The van der Waals surface area contributed by atoms with E-state index < -0.39 is 5.97 Å². The molecule has 41 heavy (non-hydrogen) atoms. The number of benzene rings is 3. The van der Waals surface area contributed by atoms with Gasteiger partial charge in [-0.2, -0.15) is 0 Å². The van der Waals surface area contributed by atoms with E-state index in [-0.39, 0.29) is 11.9 Å². The van der Waals surface area contributed by atoms with E-state index in [2.05, 4.69) is 17.0 Å². The molecule has 8 nitrogen and oxygen atoms in total. The summed E-state index contributed by atoms with van der Waals surface area (Å²) in [4.78, 5) is 27.3. The van der Waals surface area contributed by atoms with Crippen molar-refractivity contribution in [3.05, 3.63) is 83.4 Å². The van der Waals surface area contributed by atoms with E-state index in [1.54, 1.807) is 18.2 Å². The summed E-state index contributed by atoms with van der Waals surface area (Å²) in [6.45, 7) is 2.17. The number of methoxy groups -OCH3 is 3. The van der Waals surface area contributed by atoms with Crippen molar-refractivity contribution < 1.29 is 33.3 Å². The van der Waals surface area contributed by atoms with Crippen LogP contribution in [0.1, 0.15) is 35.4 Å². The summed E-state index contributed by atoms with van der Waals surface area (Å²) in [5.41, 5.74) is 4.93. The third kappa shape index (κ3) is 7.27. The van der Waals surface area contributed by atoms with Gasteiger partial charge in [-0.1, -0.05) is 48.5 Å². The highest BCUT2D eigenvalue weighted by molar-refractivity contribution is 5.93. The molecular weight excluding hydrogens is 522 g/mol. The van der Waals surface area contributed by atoms with Crippen LogP contribution in [0, 0.1) is 0 Å². The Morgan fingerprint density at radius 3 is 1.85 bits per heavy atom. The van der Waals surface area contributed by atoms with Crippen LogP contribution in [0.15, 0.2) is 66.7 Å². The lowest BCUT2D eigenvalue weighted by Gasteiger charge is -2.17. The number of hydrogen-bond acceptors (Lipinski definition) is 8. The molecule has 0 saturated carbocycles. The van der Waals surface area contributed by atoms with Crippen molar-refractivity contribution in [1.29, 1.82) is 0 Å². The molecular formula is C33H37NO7. The molecule has 8 heteroatoms. The molecule has 0 heterocycles. The second-order valence-electron chi connectivity index (χ2n) is 9.74. The molecule has 1 aliphatic carbocycles. The molecule has 3 aromatic rings. The third-order valence-corrected chi connectivity index (χ3v) is 7.03.